The second kappa shape index (κ2) is 21.7. The van der Waals surface area contributed by atoms with Crippen LogP contribution in [0.1, 0.15) is 126 Å². The first-order chi connectivity index (χ1) is 27.0. The molecule has 2 aromatic rings. The first-order valence-corrected chi connectivity index (χ1v) is 21.4. The van der Waals surface area contributed by atoms with Gasteiger partial charge in [0, 0.05) is 30.0 Å². The first-order valence-electron chi connectivity index (χ1n) is 20.5. The number of benzene rings is 1. The molecule has 58 heavy (non-hydrogen) atoms. The molecule has 1 fully saturated rings. The van der Waals surface area contributed by atoms with Crippen LogP contribution in [0, 0.1) is 11.8 Å². The van der Waals surface area contributed by atoms with Gasteiger partial charge < -0.3 is 41.2 Å². The summed E-state index contributed by atoms with van der Waals surface area (Å²) in [5.41, 5.74) is 4.41. The number of hydrogen-bond donors (Lipinski definition) is 5. The highest BCUT2D eigenvalue weighted by Gasteiger charge is 2.32. The van der Waals surface area contributed by atoms with Gasteiger partial charge in [0.2, 0.25) is 11.8 Å². The highest BCUT2D eigenvalue weighted by Crippen LogP contribution is 2.29. The van der Waals surface area contributed by atoms with Crippen molar-refractivity contribution in [1.82, 2.24) is 21.3 Å². The fourth-order valence-corrected chi connectivity index (χ4v) is 7.61. The Morgan fingerprint density at radius 2 is 1.31 bits per heavy atom. The Morgan fingerprint density at radius 3 is 1.88 bits per heavy atom. The largest absolute Gasteiger partial charge is 0.460 e. The van der Waals surface area contributed by atoms with Gasteiger partial charge in [-0.3, -0.25) is 14.4 Å². The van der Waals surface area contributed by atoms with Crippen LogP contribution < -0.4 is 27.0 Å². The molecule has 0 spiro atoms. The zero-order chi connectivity index (χ0) is 43.3. The lowest BCUT2D eigenvalue weighted by Crippen LogP contribution is -2.53. The minimum Gasteiger partial charge on any atom is -0.460 e. The number of nitrogens with one attached hydrogen (secondary N) is 4. The zero-order valence-electron chi connectivity index (χ0n) is 35.9. The van der Waals surface area contributed by atoms with Gasteiger partial charge in [-0.25, -0.2) is 14.4 Å². The number of thiophene rings is 1. The van der Waals surface area contributed by atoms with Crippen LogP contribution in [0.3, 0.4) is 0 Å². The fraction of sp³-hybridized carbons (Fsp3) is 0.674. The van der Waals surface area contributed by atoms with E-state index in [1.165, 1.54) is 0 Å². The third kappa shape index (κ3) is 17.3. The molecule has 0 aliphatic heterocycles. The molecule has 1 aliphatic rings. The van der Waals surface area contributed by atoms with Gasteiger partial charge >= 0.3 is 23.9 Å². The molecule has 0 bridgehead atoms. The summed E-state index contributed by atoms with van der Waals surface area (Å²) < 4.78 is 17.6. The summed E-state index contributed by atoms with van der Waals surface area (Å²) in [5, 5.41) is 14.3. The number of rotatable bonds is 18. The maximum atomic E-state index is 13.7. The summed E-state index contributed by atoms with van der Waals surface area (Å²) >= 11 is 1.60. The first kappa shape index (κ1) is 48.1. The molecule has 1 aliphatic carbocycles. The van der Waals surface area contributed by atoms with Gasteiger partial charge in [0.05, 0.1) is 0 Å². The molecule has 1 aromatic heterocycles. The van der Waals surface area contributed by atoms with Gasteiger partial charge in [0.25, 0.3) is 0 Å². The fourth-order valence-electron chi connectivity index (χ4n) is 6.63. The lowest BCUT2D eigenvalue weighted by Gasteiger charge is -2.28. The second-order valence-electron chi connectivity index (χ2n) is 18.2. The Bertz CT molecular complexity index is 1700. The van der Waals surface area contributed by atoms with E-state index in [2.05, 4.69) is 21.3 Å². The van der Waals surface area contributed by atoms with Crippen LogP contribution in [0.15, 0.2) is 29.6 Å². The van der Waals surface area contributed by atoms with Crippen molar-refractivity contribution in [3.63, 3.8) is 0 Å². The Hall–Kier alpha value is -4.24. The van der Waals surface area contributed by atoms with Gasteiger partial charge in [0.1, 0.15) is 34.9 Å². The Morgan fingerprint density at radius 1 is 0.741 bits per heavy atom. The minimum absolute atomic E-state index is 0.0897. The molecule has 6 N–H and O–H groups in total. The normalized spacial score (nSPS) is 17.6. The molecule has 3 rings (SSSR count). The van der Waals surface area contributed by atoms with E-state index in [0.29, 0.717) is 31.7 Å². The number of ether oxygens (including phenoxy) is 3. The van der Waals surface area contributed by atoms with Crippen LogP contribution in [-0.2, 0) is 44.6 Å². The van der Waals surface area contributed by atoms with Crippen LogP contribution in [0.4, 0.5) is 4.79 Å². The summed E-state index contributed by atoms with van der Waals surface area (Å²) in [6.07, 6.45) is 4.37. The molecule has 15 heteroatoms. The van der Waals surface area contributed by atoms with Gasteiger partial charge in [0.15, 0.2) is 0 Å². The number of fused-ring (bicyclic) bond motifs is 1. The quantitative estimate of drug-likeness (QED) is 0.0692. The number of amides is 4. The monoisotopic (exact) mass is 829 g/mol. The molecule has 0 unspecified atom stereocenters. The number of carbonyl (C=O) groups is 6. The van der Waals surface area contributed by atoms with Crippen LogP contribution >= 0.6 is 11.3 Å². The number of hydrogen-bond acceptors (Lipinski definition) is 11. The molecule has 1 heterocycles. The van der Waals surface area contributed by atoms with Crippen LogP contribution in [0.25, 0.3) is 10.1 Å². The number of carbonyl (C=O) groups excluding carboxylic acids is 6. The molecule has 0 saturated heterocycles. The standard InChI is InChI=1S/C43H67N5O9S/c1-41(2,3)55-35(49)22-21-32(39(53)57-43(7,8)9)48-40(54)47-31(38(52)56-42(4,5)6)15-12-13-23-45-37(51)33(24-29-26-58-34-16-11-10-14-30(29)34)46-36(50)28-19-17-27(25-44)18-20-28/h10-11,14,16,26-28,31-33H,12-13,15,17-25,44H2,1-9H3,(H,45,51)(H,46,50)(H2,47,48,54)/t27?,28?,31-,32-,33-/m0/s1. The molecule has 1 aromatic carbocycles. The smallest absolute Gasteiger partial charge is 0.329 e. The van der Waals surface area contributed by atoms with Crippen LogP contribution in [0.5, 0.6) is 0 Å². The van der Waals surface area contributed by atoms with E-state index in [4.69, 9.17) is 19.9 Å². The van der Waals surface area contributed by atoms with Crippen molar-refractivity contribution in [2.24, 2.45) is 17.6 Å². The average molecular weight is 830 g/mol. The Labute approximate surface area is 347 Å². The molecule has 14 nitrogen and oxygen atoms in total. The van der Waals surface area contributed by atoms with Crippen molar-refractivity contribution in [2.75, 3.05) is 13.1 Å². The Kier molecular flexibility index (Phi) is 18.0. The van der Waals surface area contributed by atoms with E-state index >= 15 is 0 Å². The van der Waals surface area contributed by atoms with Gasteiger partial charge in [-0.05, 0) is 149 Å². The van der Waals surface area contributed by atoms with Gasteiger partial charge in [-0.1, -0.05) is 18.2 Å². The van der Waals surface area contributed by atoms with Crippen molar-refractivity contribution in [2.45, 2.75) is 161 Å². The lowest BCUT2D eigenvalue weighted by atomic mass is 9.81. The summed E-state index contributed by atoms with van der Waals surface area (Å²) in [6, 6.07) is 4.07. The third-order valence-electron chi connectivity index (χ3n) is 9.44. The number of urea groups is 1. The van der Waals surface area contributed by atoms with Crippen LogP contribution in [0.2, 0.25) is 0 Å². The predicted molar refractivity (Wildman–Crippen MR) is 225 cm³/mol. The van der Waals surface area contributed by atoms with Crippen molar-refractivity contribution in [3.8, 4) is 0 Å². The van der Waals surface area contributed by atoms with Gasteiger partial charge in [-0.15, -0.1) is 11.3 Å². The van der Waals surface area contributed by atoms with E-state index in [1.807, 2.05) is 29.6 Å². The minimum atomic E-state index is -1.21. The molecule has 324 valence electrons. The zero-order valence-corrected chi connectivity index (χ0v) is 36.7. The molecule has 3 atom stereocenters. The summed E-state index contributed by atoms with van der Waals surface area (Å²) in [7, 11) is 0. The maximum absolute atomic E-state index is 13.7. The van der Waals surface area contributed by atoms with E-state index in [9.17, 15) is 28.8 Å². The lowest BCUT2D eigenvalue weighted by molar-refractivity contribution is -0.159. The molecular formula is C43H67N5O9S. The van der Waals surface area contributed by atoms with Crippen molar-refractivity contribution < 1.29 is 43.0 Å². The molecule has 1 saturated carbocycles. The molecular weight excluding hydrogens is 763 g/mol. The van der Waals surface area contributed by atoms with Crippen LogP contribution in [-0.4, -0.2) is 83.8 Å². The highest BCUT2D eigenvalue weighted by atomic mass is 32.1. The van der Waals surface area contributed by atoms with E-state index in [0.717, 1.165) is 41.3 Å². The maximum Gasteiger partial charge on any atom is 0.329 e. The highest BCUT2D eigenvalue weighted by molar-refractivity contribution is 7.17. The van der Waals surface area contributed by atoms with E-state index in [1.54, 1.807) is 73.7 Å². The summed E-state index contributed by atoms with van der Waals surface area (Å²) in [5.74, 6) is -2.13. The average Bonchev–Trinajstić information content (AvgIpc) is 3.52. The molecule has 0 radical (unpaired) electrons. The number of esters is 3. The van der Waals surface area contributed by atoms with Gasteiger partial charge in [-0.2, -0.15) is 0 Å². The second-order valence-corrected chi connectivity index (χ2v) is 19.1. The van der Waals surface area contributed by atoms with E-state index in [-0.39, 0.29) is 43.5 Å². The summed E-state index contributed by atoms with van der Waals surface area (Å²) in [4.78, 5) is 79.3. The number of nitrogens with two attached hydrogens (primary N) is 1. The van der Waals surface area contributed by atoms with Crippen molar-refractivity contribution in [3.05, 3.63) is 35.2 Å². The number of unbranched alkanes of at least 4 members (excludes halogenated alkanes) is 1. The van der Waals surface area contributed by atoms with E-state index < -0.39 is 58.9 Å². The SMILES string of the molecule is CC(C)(C)OC(=O)CC[C@H](NC(=O)N[C@@H](CCCCNC(=O)[C@H](Cc1csc2ccccc12)NC(=O)C1CCC(CN)CC1)C(=O)OC(C)(C)C)C(=O)OC(C)(C)C. The predicted octanol–water partition coefficient (Wildman–Crippen LogP) is 5.82. The topological polar surface area (TPSA) is 204 Å². The third-order valence-corrected chi connectivity index (χ3v) is 10.5. The van der Waals surface area contributed by atoms with Crippen molar-refractivity contribution >= 4 is 57.2 Å². The molecule has 4 amide bonds. The summed E-state index contributed by atoms with van der Waals surface area (Å²) in [6.45, 7) is 16.3. The Balaban J connectivity index is 1.65. The van der Waals surface area contributed by atoms with Crippen molar-refractivity contribution in [1.29, 1.82) is 0 Å².